The Hall–Kier alpha value is -2.39. The average Bonchev–Trinajstić information content (AvgIpc) is 2.66. The highest BCUT2D eigenvalue weighted by atomic mass is 32.2. The van der Waals surface area contributed by atoms with E-state index in [-0.39, 0.29) is 16.6 Å². The van der Waals surface area contributed by atoms with Crippen molar-refractivity contribution >= 4 is 23.5 Å². The molecule has 1 N–H and O–H groups in total. The van der Waals surface area contributed by atoms with Crippen LogP contribution in [0.4, 0.5) is 5.82 Å². The highest BCUT2D eigenvalue weighted by molar-refractivity contribution is 8.00. The second kappa shape index (κ2) is 8.54. The van der Waals surface area contributed by atoms with Crippen molar-refractivity contribution in [2.45, 2.75) is 64.2 Å². The summed E-state index contributed by atoms with van der Waals surface area (Å²) < 4.78 is 0. The van der Waals surface area contributed by atoms with E-state index in [1.165, 1.54) is 17.3 Å². The minimum Gasteiger partial charge on any atom is -0.310 e. The molecular weight excluding hydrogens is 380 g/mol. The van der Waals surface area contributed by atoms with Crippen molar-refractivity contribution in [2.75, 3.05) is 5.32 Å². The molecule has 1 aliphatic carbocycles. The number of thioether (sulfide) groups is 1. The fourth-order valence-electron chi connectivity index (χ4n) is 3.62. The van der Waals surface area contributed by atoms with E-state index >= 15 is 0 Å². The van der Waals surface area contributed by atoms with Gasteiger partial charge in [0.1, 0.15) is 16.9 Å². The number of hydrogen-bond donors (Lipinski definition) is 1. The minimum atomic E-state index is -0.388. The summed E-state index contributed by atoms with van der Waals surface area (Å²) in [7, 11) is 0. The van der Waals surface area contributed by atoms with Crippen molar-refractivity contribution in [2.24, 2.45) is 11.3 Å². The van der Waals surface area contributed by atoms with Crippen LogP contribution in [0.1, 0.15) is 56.6 Å². The van der Waals surface area contributed by atoms with Crippen molar-refractivity contribution < 1.29 is 4.79 Å². The van der Waals surface area contributed by atoms with Crippen LogP contribution in [0, 0.1) is 29.6 Å². The Labute approximate surface area is 177 Å². The summed E-state index contributed by atoms with van der Waals surface area (Å²) in [6, 6.07) is 9.77. The van der Waals surface area contributed by atoms with E-state index in [2.05, 4.69) is 37.1 Å². The highest BCUT2D eigenvalue weighted by Crippen LogP contribution is 2.38. The molecule has 0 saturated heterocycles. The van der Waals surface area contributed by atoms with Crippen molar-refractivity contribution in [3.63, 3.8) is 0 Å². The number of nitrogens with zero attached hydrogens (tertiary/aromatic N) is 3. The van der Waals surface area contributed by atoms with Gasteiger partial charge in [-0.25, -0.2) is 9.97 Å². The van der Waals surface area contributed by atoms with E-state index in [0.29, 0.717) is 22.3 Å². The van der Waals surface area contributed by atoms with E-state index in [4.69, 9.17) is 4.98 Å². The van der Waals surface area contributed by atoms with E-state index < -0.39 is 0 Å². The molecule has 29 heavy (non-hydrogen) atoms. The van der Waals surface area contributed by atoms with Gasteiger partial charge >= 0.3 is 0 Å². The Morgan fingerprint density at radius 1 is 1.34 bits per heavy atom. The zero-order valence-corrected chi connectivity index (χ0v) is 18.6. The van der Waals surface area contributed by atoms with E-state index in [0.717, 1.165) is 30.7 Å². The number of aromatic nitrogens is 2. The summed E-state index contributed by atoms with van der Waals surface area (Å²) in [5.41, 5.74) is 3.89. The summed E-state index contributed by atoms with van der Waals surface area (Å²) in [4.78, 5) is 21.7. The van der Waals surface area contributed by atoms with Gasteiger partial charge in [0.2, 0.25) is 5.91 Å². The van der Waals surface area contributed by atoms with Crippen LogP contribution in [-0.4, -0.2) is 21.1 Å². The van der Waals surface area contributed by atoms with Gasteiger partial charge in [0.05, 0.1) is 10.8 Å². The molecule has 2 aromatic rings. The van der Waals surface area contributed by atoms with Gasteiger partial charge in [-0.3, -0.25) is 4.79 Å². The largest absolute Gasteiger partial charge is 0.310 e. The number of carbonyl (C=O) groups excluding carboxylic acids is 1. The number of rotatable bonds is 4. The smallest absolute Gasteiger partial charge is 0.238 e. The zero-order valence-electron chi connectivity index (χ0n) is 17.7. The molecular formula is C23H28N4OS. The molecule has 3 rings (SSSR count). The molecule has 0 fully saturated rings. The van der Waals surface area contributed by atoms with Crippen LogP contribution in [-0.2, 0) is 17.6 Å². The molecule has 2 heterocycles. The van der Waals surface area contributed by atoms with Gasteiger partial charge in [0.25, 0.3) is 0 Å². The van der Waals surface area contributed by atoms with Crippen molar-refractivity contribution in [3.05, 3.63) is 46.8 Å². The third kappa shape index (κ3) is 5.16. The molecule has 0 saturated carbocycles. The molecule has 0 bridgehead atoms. The normalized spacial score (nSPS) is 17.2. The summed E-state index contributed by atoms with van der Waals surface area (Å²) in [6.45, 7) is 10.5. The number of nitrogens with one attached hydrogen (secondary N) is 1. The van der Waals surface area contributed by atoms with Gasteiger partial charge < -0.3 is 5.32 Å². The van der Waals surface area contributed by atoms with Crippen molar-refractivity contribution in [3.8, 4) is 6.07 Å². The maximum Gasteiger partial charge on any atom is 0.238 e. The van der Waals surface area contributed by atoms with Crippen molar-refractivity contribution in [1.29, 1.82) is 5.26 Å². The Balaban J connectivity index is 1.75. The van der Waals surface area contributed by atoms with Crippen LogP contribution in [0.2, 0.25) is 0 Å². The fourth-order valence-corrected chi connectivity index (χ4v) is 4.51. The first-order valence-electron chi connectivity index (χ1n) is 10.0. The first kappa shape index (κ1) is 21.3. The standard InChI is InChI=1S/C23H28N4OS/c1-14-7-6-8-20(25-14)27-21(28)15(2)29-22-17(13-24)11-16-12-18(23(3,4)5)9-10-19(16)26-22/h6-8,11,15,18H,9-10,12H2,1-5H3,(H,25,27,28). The number of amides is 1. The molecule has 1 amide bonds. The number of fused-ring (bicyclic) bond motifs is 1. The van der Waals surface area contributed by atoms with E-state index in [1.54, 1.807) is 6.07 Å². The molecule has 0 aliphatic heterocycles. The lowest BCUT2D eigenvalue weighted by Crippen LogP contribution is -2.28. The van der Waals surface area contributed by atoms with E-state index in [1.807, 2.05) is 32.0 Å². The Morgan fingerprint density at radius 2 is 2.10 bits per heavy atom. The third-order valence-electron chi connectivity index (χ3n) is 5.49. The molecule has 1 aliphatic rings. The Kier molecular flexibility index (Phi) is 6.28. The van der Waals surface area contributed by atoms with Gasteiger partial charge in [-0.15, -0.1) is 0 Å². The second-order valence-corrected chi connectivity index (χ2v) is 10.1. The Morgan fingerprint density at radius 3 is 2.76 bits per heavy atom. The lowest BCUT2D eigenvalue weighted by Gasteiger charge is -2.34. The van der Waals surface area contributed by atoms with Crippen molar-refractivity contribution in [1.82, 2.24) is 9.97 Å². The first-order chi connectivity index (χ1) is 13.7. The maximum absolute atomic E-state index is 12.6. The van der Waals surface area contributed by atoms with Gasteiger partial charge in [-0.2, -0.15) is 5.26 Å². The van der Waals surface area contributed by atoms with Crippen LogP contribution in [0.3, 0.4) is 0 Å². The Bertz CT molecular complexity index is 958. The molecule has 0 spiro atoms. The zero-order chi connectivity index (χ0) is 21.2. The van der Waals surface area contributed by atoms with E-state index in [9.17, 15) is 10.1 Å². The van der Waals surface area contributed by atoms with Crippen LogP contribution in [0.15, 0.2) is 29.3 Å². The SMILES string of the molecule is Cc1cccc(NC(=O)C(C)Sc2nc3c(cc2C#N)CC(C(C)(C)C)CC3)n1. The molecule has 2 aromatic heterocycles. The monoisotopic (exact) mass is 408 g/mol. The number of hydrogen-bond acceptors (Lipinski definition) is 5. The molecule has 5 nitrogen and oxygen atoms in total. The lowest BCUT2D eigenvalue weighted by molar-refractivity contribution is -0.115. The predicted octanol–water partition coefficient (Wildman–Crippen LogP) is 4.93. The predicted molar refractivity (Wildman–Crippen MR) is 117 cm³/mol. The van der Waals surface area contributed by atoms with Gasteiger partial charge in [-0.1, -0.05) is 38.6 Å². The van der Waals surface area contributed by atoms with Crippen LogP contribution < -0.4 is 5.32 Å². The summed E-state index contributed by atoms with van der Waals surface area (Å²) in [6.07, 6.45) is 2.99. The molecule has 2 atom stereocenters. The topological polar surface area (TPSA) is 78.7 Å². The molecule has 0 aromatic carbocycles. The van der Waals surface area contributed by atoms with Gasteiger partial charge in [0.15, 0.2) is 0 Å². The number of nitriles is 1. The molecule has 6 heteroatoms. The summed E-state index contributed by atoms with van der Waals surface area (Å²) >= 11 is 1.33. The summed E-state index contributed by atoms with van der Waals surface area (Å²) in [5, 5.41) is 12.7. The van der Waals surface area contributed by atoms with Crippen LogP contribution >= 0.6 is 11.8 Å². The van der Waals surface area contributed by atoms with Gasteiger partial charge in [0, 0.05) is 11.4 Å². The van der Waals surface area contributed by atoms with Crippen LogP contribution in [0.5, 0.6) is 0 Å². The summed E-state index contributed by atoms with van der Waals surface area (Å²) in [5.74, 6) is 0.979. The third-order valence-corrected chi connectivity index (χ3v) is 6.60. The lowest BCUT2D eigenvalue weighted by atomic mass is 9.71. The fraction of sp³-hybridized carbons (Fsp3) is 0.478. The average molecular weight is 409 g/mol. The molecule has 152 valence electrons. The maximum atomic E-state index is 12.6. The quantitative estimate of drug-likeness (QED) is 0.726. The molecule has 0 radical (unpaired) electrons. The number of anilines is 1. The van der Waals surface area contributed by atoms with Gasteiger partial charge in [-0.05, 0) is 68.2 Å². The minimum absolute atomic E-state index is 0.149. The molecule has 2 unspecified atom stereocenters. The first-order valence-corrected chi connectivity index (χ1v) is 10.9. The van der Waals surface area contributed by atoms with Crippen LogP contribution in [0.25, 0.3) is 0 Å². The number of carbonyl (C=O) groups is 1. The highest BCUT2D eigenvalue weighted by Gasteiger charge is 2.30. The number of aryl methyl sites for hydroxylation is 2. The second-order valence-electron chi connectivity index (χ2n) is 8.78. The number of pyridine rings is 2.